The standard InChI is InChI=1S/C7H11F2NO2/c1-5(6(11)12)10-3-2-7(8,9)4-10/h5H,2-4H2,1H3,(H,11,12)/t5-/m0/s1. The fourth-order valence-corrected chi connectivity index (χ4v) is 1.25. The number of hydrogen-bond acceptors (Lipinski definition) is 2. The zero-order valence-electron chi connectivity index (χ0n) is 6.76. The fourth-order valence-electron chi connectivity index (χ4n) is 1.25. The van der Waals surface area contributed by atoms with Crippen LogP contribution in [0.2, 0.25) is 0 Å². The number of aliphatic carboxylic acids is 1. The molecule has 0 unspecified atom stereocenters. The molecule has 5 heteroatoms. The minimum atomic E-state index is -2.70. The monoisotopic (exact) mass is 179 g/mol. The lowest BCUT2D eigenvalue weighted by Crippen LogP contribution is -2.38. The number of carboxylic acid groups (broad SMARTS) is 1. The summed E-state index contributed by atoms with van der Waals surface area (Å²) in [5, 5.41) is 8.53. The highest BCUT2D eigenvalue weighted by atomic mass is 19.3. The van der Waals surface area contributed by atoms with Crippen LogP contribution in [0.3, 0.4) is 0 Å². The number of likely N-dealkylation sites (tertiary alicyclic amines) is 1. The van der Waals surface area contributed by atoms with Gasteiger partial charge in [-0.15, -0.1) is 0 Å². The molecule has 1 heterocycles. The largest absolute Gasteiger partial charge is 0.480 e. The molecule has 1 atom stereocenters. The van der Waals surface area contributed by atoms with Crippen LogP contribution in [0.4, 0.5) is 8.78 Å². The van der Waals surface area contributed by atoms with Gasteiger partial charge in [-0.25, -0.2) is 8.78 Å². The first-order chi connectivity index (χ1) is 5.42. The maximum absolute atomic E-state index is 12.6. The van der Waals surface area contributed by atoms with E-state index in [2.05, 4.69) is 0 Å². The molecule has 3 nitrogen and oxygen atoms in total. The quantitative estimate of drug-likeness (QED) is 0.681. The lowest BCUT2D eigenvalue weighted by molar-refractivity contribution is -0.142. The third-order valence-corrected chi connectivity index (χ3v) is 2.10. The smallest absolute Gasteiger partial charge is 0.320 e. The first kappa shape index (κ1) is 9.38. The summed E-state index contributed by atoms with van der Waals surface area (Å²) in [5.74, 6) is -3.75. The van der Waals surface area contributed by atoms with Gasteiger partial charge in [0.25, 0.3) is 5.92 Å². The minimum Gasteiger partial charge on any atom is -0.480 e. The molecule has 1 N–H and O–H groups in total. The Bertz CT molecular complexity index is 196. The van der Waals surface area contributed by atoms with Crippen LogP contribution in [-0.2, 0) is 4.79 Å². The predicted octanol–water partition coefficient (Wildman–Crippen LogP) is 0.800. The van der Waals surface area contributed by atoms with Crippen molar-refractivity contribution in [3.8, 4) is 0 Å². The predicted molar refractivity (Wildman–Crippen MR) is 38.2 cm³/mol. The first-order valence-corrected chi connectivity index (χ1v) is 3.77. The topological polar surface area (TPSA) is 40.5 Å². The van der Waals surface area contributed by atoms with E-state index in [-0.39, 0.29) is 13.0 Å². The van der Waals surface area contributed by atoms with E-state index in [9.17, 15) is 13.6 Å². The second-order valence-electron chi connectivity index (χ2n) is 3.09. The summed E-state index contributed by atoms with van der Waals surface area (Å²) < 4.78 is 25.2. The summed E-state index contributed by atoms with van der Waals surface area (Å²) in [7, 11) is 0. The van der Waals surface area contributed by atoms with Crippen LogP contribution in [0.25, 0.3) is 0 Å². The Labute approximate surface area is 69.0 Å². The lowest BCUT2D eigenvalue weighted by Gasteiger charge is -2.19. The molecule has 1 aliphatic heterocycles. The summed E-state index contributed by atoms with van der Waals surface area (Å²) in [6.07, 6.45) is -0.232. The highest BCUT2D eigenvalue weighted by molar-refractivity contribution is 5.72. The summed E-state index contributed by atoms with van der Waals surface area (Å²) in [4.78, 5) is 11.7. The highest BCUT2D eigenvalue weighted by Crippen LogP contribution is 2.27. The molecule has 0 bridgehead atoms. The van der Waals surface area contributed by atoms with Gasteiger partial charge in [-0.3, -0.25) is 9.69 Å². The third-order valence-electron chi connectivity index (χ3n) is 2.10. The van der Waals surface area contributed by atoms with Gasteiger partial charge in [0.15, 0.2) is 0 Å². The van der Waals surface area contributed by atoms with Crippen molar-refractivity contribution in [3.05, 3.63) is 0 Å². The molecule has 12 heavy (non-hydrogen) atoms. The average molecular weight is 179 g/mol. The van der Waals surface area contributed by atoms with Gasteiger partial charge in [0.05, 0.1) is 6.54 Å². The lowest BCUT2D eigenvalue weighted by atomic mass is 10.3. The zero-order valence-corrected chi connectivity index (χ0v) is 6.76. The average Bonchev–Trinajstić information content (AvgIpc) is 2.28. The van der Waals surface area contributed by atoms with Crippen LogP contribution in [-0.4, -0.2) is 41.0 Å². The van der Waals surface area contributed by atoms with Crippen molar-refractivity contribution >= 4 is 5.97 Å². The molecular formula is C7H11F2NO2. The molecular weight excluding hydrogens is 168 g/mol. The van der Waals surface area contributed by atoms with Crippen LogP contribution in [0, 0.1) is 0 Å². The van der Waals surface area contributed by atoms with Crippen molar-refractivity contribution in [2.75, 3.05) is 13.1 Å². The van der Waals surface area contributed by atoms with Crippen molar-refractivity contribution in [2.24, 2.45) is 0 Å². The van der Waals surface area contributed by atoms with Crippen LogP contribution in [0.5, 0.6) is 0 Å². The van der Waals surface area contributed by atoms with Crippen molar-refractivity contribution < 1.29 is 18.7 Å². The van der Waals surface area contributed by atoms with Crippen LogP contribution in [0.15, 0.2) is 0 Å². The van der Waals surface area contributed by atoms with Crippen molar-refractivity contribution in [1.82, 2.24) is 4.90 Å². The summed E-state index contributed by atoms with van der Waals surface area (Å²) in [6.45, 7) is 1.16. The molecule has 1 rings (SSSR count). The van der Waals surface area contributed by atoms with Gasteiger partial charge in [0, 0.05) is 13.0 Å². The molecule has 1 saturated heterocycles. The van der Waals surface area contributed by atoms with Gasteiger partial charge in [-0.1, -0.05) is 0 Å². The molecule has 0 aromatic heterocycles. The van der Waals surface area contributed by atoms with Crippen LogP contribution in [0.1, 0.15) is 13.3 Å². The van der Waals surface area contributed by atoms with Gasteiger partial charge in [0.1, 0.15) is 6.04 Å². The molecule has 1 fully saturated rings. The molecule has 0 aromatic rings. The number of nitrogens with zero attached hydrogens (tertiary/aromatic N) is 1. The number of carbonyl (C=O) groups is 1. The molecule has 1 aliphatic rings. The minimum absolute atomic E-state index is 0.167. The summed E-state index contributed by atoms with van der Waals surface area (Å²) >= 11 is 0. The number of hydrogen-bond donors (Lipinski definition) is 1. The number of alkyl halides is 2. The molecule has 0 radical (unpaired) electrons. The van der Waals surface area contributed by atoms with Gasteiger partial charge in [0.2, 0.25) is 0 Å². The number of halogens is 2. The van der Waals surface area contributed by atoms with Crippen molar-refractivity contribution in [3.63, 3.8) is 0 Å². The molecule has 0 amide bonds. The molecule has 0 spiro atoms. The first-order valence-electron chi connectivity index (χ1n) is 3.77. The Morgan fingerprint density at radius 2 is 2.25 bits per heavy atom. The third kappa shape index (κ3) is 1.91. The second-order valence-corrected chi connectivity index (χ2v) is 3.09. The van der Waals surface area contributed by atoms with E-state index in [1.165, 1.54) is 11.8 Å². The van der Waals surface area contributed by atoms with E-state index >= 15 is 0 Å². The summed E-state index contributed by atoms with van der Waals surface area (Å²) in [5.41, 5.74) is 0. The van der Waals surface area contributed by atoms with E-state index in [1.807, 2.05) is 0 Å². The van der Waals surface area contributed by atoms with Gasteiger partial charge < -0.3 is 5.11 Å². The maximum atomic E-state index is 12.6. The fraction of sp³-hybridized carbons (Fsp3) is 0.857. The van der Waals surface area contributed by atoms with E-state index in [0.717, 1.165) is 0 Å². The highest BCUT2D eigenvalue weighted by Gasteiger charge is 2.41. The SMILES string of the molecule is C[C@@H](C(=O)O)N1CCC(F)(F)C1. The zero-order chi connectivity index (χ0) is 9.35. The van der Waals surface area contributed by atoms with Crippen molar-refractivity contribution in [2.45, 2.75) is 25.3 Å². The Balaban J connectivity index is 2.52. The molecule has 70 valence electrons. The van der Waals surface area contributed by atoms with Gasteiger partial charge >= 0.3 is 5.97 Å². The number of carboxylic acids is 1. The molecule has 0 aromatic carbocycles. The Morgan fingerprint density at radius 1 is 1.67 bits per heavy atom. The van der Waals surface area contributed by atoms with Crippen molar-refractivity contribution in [1.29, 1.82) is 0 Å². The van der Waals surface area contributed by atoms with E-state index in [4.69, 9.17) is 5.11 Å². The normalized spacial score (nSPS) is 25.6. The Morgan fingerprint density at radius 3 is 2.58 bits per heavy atom. The van der Waals surface area contributed by atoms with E-state index in [0.29, 0.717) is 0 Å². The van der Waals surface area contributed by atoms with Crippen LogP contribution < -0.4 is 0 Å². The molecule has 0 aliphatic carbocycles. The molecule has 0 saturated carbocycles. The van der Waals surface area contributed by atoms with Gasteiger partial charge in [-0.2, -0.15) is 0 Å². The Kier molecular flexibility index (Phi) is 2.32. The summed E-state index contributed by atoms with van der Waals surface area (Å²) in [6, 6.07) is -0.807. The Hall–Kier alpha value is -0.710. The van der Waals surface area contributed by atoms with Crippen LogP contribution >= 0.6 is 0 Å². The second kappa shape index (κ2) is 2.97. The maximum Gasteiger partial charge on any atom is 0.320 e. The van der Waals surface area contributed by atoms with E-state index in [1.54, 1.807) is 0 Å². The van der Waals surface area contributed by atoms with E-state index < -0.39 is 24.5 Å². The number of rotatable bonds is 2. The van der Waals surface area contributed by atoms with Gasteiger partial charge in [-0.05, 0) is 6.92 Å².